The number of aromatic nitrogens is 6. The van der Waals surface area contributed by atoms with Gasteiger partial charge in [0.1, 0.15) is 22.9 Å². The molecule has 1 N–H and O–H groups in total. The van der Waals surface area contributed by atoms with Gasteiger partial charge in [-0.1, -0.05) is 12.1 Å². The normalized spacial score (nSPS) is 8.57. The Hall–Kier alpha value is -3.51. The molecule has 0 aliphatic heterocycles. The number of benzene rings is 2. The third-order valence-electron chi connectivity index (χ3n) is 3.30. The van der Waals surface area contributed by atoms with Crippen molar-refractivity contribution in [3.05, 3.63) is 90.9 Å². The molecule has 0 radical (unpaired) electrons. The molecule has 0 spiro atoms. The van der Waals surface area contributed by atoms with E-state index in [0.717, 1.165) is 10.9 Å². The van der Waals surface area contributed by atoms with Crippen LogP contribution in [0.25, 0.3) is 11.4 Å². The van der Waals surface area contributed by atoms with Crippen LogP contribution in [0.4, 0.5) is 8.78 Å². The second kappa shape index (κ2) is 18.9. The van der Waals surface area contributed by atoms with Gasteiger partial charge in [0.05, 0.1) is 30.5 Å². The Labute approximate surface area is 221 Å². The molecule has 14 heteroatoms. The Bertz CT molecular complexity index is 1160. The summed E-state index contributed by atoms with van der Waals surface area (Å²) in [6.45, 7) is 4.00. The Kier molecular flexibility index (Phi) is 18.1. The second-order valence-corrected chi connectivity index (χ2v) is 5.72. The fraction of sp³-hybridized carbons (Fsp3) is 0.0952. The Morgan fingerprint density at radius 3 is 1.83 bits per heavy atom. The first kappa shape index (κ1) is 33.7. The fourth-order valence-corrected chi connectivity index (χ4v) is 2.18. The minimum absolute atomic E-state index is 0. The number of hydrogen-bond donors (Lipinski definition) is 1. The van der Waals surface area contributed by atoms with E-state index in [0.29, 0.717) is 5.69 Å². The van der Waals surface area contributed by atoms with Crippen molar-refractivity contribution in [3.63, 3.8) is 0 Å². The zero-order chi connectivity index (χ0) is 24.6. The number of carboxylic acids is 1. The maximum Gasteiger partial charge on any atom is 2.00 e. The average molecular weight is 517 g/mol. The smallest absolute Gasteiger partial charge is 1.00 e. The number of carboxylic acid groups (broad SMARTS) is 1. The van der Waals surface area contributed by atoms with Crippen LogP contribution in [-0.4, -0.2) is 70.3 Å². The van der Waals surface area contributed by atoms with Crippen LogP contribution < -0.4 is 12.4 Å². The SMILES string of the molecule is C[CH-]C.Fc1cccc(-n2nccn2)c1.O=C(O)c1c(F)cccc1-n1nccn1.O=C=O.[Cl-].[Mg+2]. The largest absolute Gasteiger partial charge is 2.00 e. The molecule has 2 aromatic carbocycles. The molecule has 2 aromatic heterocycles. The quantitative estimate of drug-likeness (QED) is 0.292. The van der Waals surface area contributed by atoms with Gasteiger partial charge in [-0.05, 0) is 24.3 Å². The first-order valence-corrected chi connectivity index (χ1v) is 9.13. The summed E-state index contributed by atoms with van der Waals surface area (Å²) in [4.78, 5) is 29.5. The van der Waals surface area contributed by atoms with Gasteiger partial charge < -0.3 is 23.9 Å². The van der Waals surface area contributed by atoms with E-state index in [1.165, 1.54) is 41.5 Å². The Morgan fingerprint density at radius 1 is 0.914 bits per heavy atom. The predicted octanol–water partition coefficient (Wildman–Crippen LogP) is -0.219. The second-order valence-electron chi connectivity index (χ2n) is 5.72. The van der Waals surface area contributed by atoms with Gasteiger partial charge in [0.2, 0.25) is 0 Å². The molecule has 0 bridgehead atoms. The van der Waals surface area contributed by atoms with E-state index in [2.05, 4.69) is 20.4 Å². The number of aromatic carboxylic acids is 1. The van der Waals surface area contributed by atoms with Crippen LogP contribution in [0.2, 0.25) is 0 Å². The molecule has 0 fully saturated rings. The summed E-state index contributed by atoms with van der Waals surface area (Å²) < 4.78 is 25.9. The molecule has 10 nitrogen and oxygen atoms in total. The van der Waals surface area contributed by atoms with Gasteiger partial charge in [-0.15, -0.1) is 0 Å². The molecule has 2 heterocycles. The van der Waals surface area contributed by atoms with Crippen LogP contribution in [0.5, 0.6) is 0 Å². The molecular formula is C21H19ClF2MgN6O4. The zero-order valence-electron chi connectivity index (χ0n) is 18.6. The van der Waals surface area contributed by atoms with Crippen molar-refractivity contribution in [1.82, 2.24) is 30.0 Å². The number of carbonyl (C=O) groups excluding carboxylic acids is 2. The predicted molar refractivity (Wildman–Crippen MR) is 116 cm³/mol. The molecule has 0 atom stereocenters. The average Bonchev–Trinajstić information content (AvgIpc) is 3.49. The molecule has 0 unspecified atom stereocenters. The van der Waals surface area contributed by atoms with Crippen LogP contribution in [0.3, 0.4) is 0 Å². The Morgan fingerprint density at radius 2 is 1.37 bits per heavy atom. The number of carbonyl (C=O) groups is 1. The van der Waals surface area contributed by atoms with Crippen molar-refractivity contribution in [1.29, 1.82) is 0 Å². The topological polar surface area (TPSA) is 133 Å². The van der Waals surface area contributed by atoms with E-state index in [1.54, 1.807) is 24.5 Å². The fourth-order valence-electron chi connectivity index (χ4n) is 2.18. The molecule has 0 aliphatic carbocycles. The zero-order valence-corrected chi connectivity index (χ0v) is 20.8. The minimum Gasteiger partial charge on any atom is -1.00 e. The van der Waals surface area contributed by atoms with E-state index >= 15 is 0 Å². The maximum atomic E-state index is 13.2. The van der Waals surface area contributed by atoms with Crippen LogP contribution in [0.15, 0.2) is 67.3 Å². The van der Waals surface area contributed by atoms with E-state index in [-0.39, 0.29) is 53.1 Å². The first-order chi connectivity index (χ1) is 15.9. The Balaban J connectivity index is 0. The van der Waals surface area contributed by atoms with Crippen molar-refractivity contribution >= 4 is 35.2 Å². The summed E-state index contributed by atoms with van der Waals surface area (Å²) >= 11 is 0. The summed E-state index contributed by atoms with van der Waals surface area (Å²) in [7, 11) is 0. The molecule has 4 aromatic rings. The van der Waals surface area contributed by atoms with Crippen molar-refractivity contribution in [3.8, 4) is 11.4 Å². The molecular weight excluding hydrogens is 498 g/mol. The molecule has 4 rings (SSSR count). The van der Waals surface area contributed by atoms with E-state index in [4.69, 9.17) is 14.7 Å². The van der Waals surface area contributed by atoms with Crippen LogP contribution in [0.1, 0.15) is 24.2 Å². The van der Waals surface area contributed by atoms with Gasteiger partial charge in [0, 0.05) is 6.07 Å². The van der Waals surface area contributed by atoms with Crippen LogP contribution >= 0.6 is 0 Å². The molecule has 35 heavy (non-hydrogen) atoms. The van der Waals surface area contributed by atoms with Crippen molar-refractivity contribution < 1.29 is 40.7 Å². The summed E-state index contributed by atoms with van der Waals surface area (Å²) in [6.07, 6.45) is 8.11. The van der Waals surface area contributed by atoms with E-state index in [1.807, 2.05) is 20.3 Å². The maximum absolute atomic E-state index is 13.2. The van der Waals surface area contributed by atoms with Crippen LogP contribution in [-0.2, 0) is 9.59 Å². The number of hydrogen-bond acceptors (Lipinski definition) is 7. The van der Waals surface area contributed by atoms with Gasteiger partial charge in [0.15, 0.2) is 0 Å². The van der Waals surface area contributed by atoms with Gasteiger partial charge in [-0.3, -0.25) is 0 Å². The van der Waals surface area contributed by atoms with Crippen LogP contribution in [0, 0.1) is 18.1 Å². The molecule has 180 valence electrons. The molecule has 0 saturated heterocycles. The summed E-state index contributed by atoms with van der Waals surface area (Å²) in [6, 6.07) is 10.0. The van der Waals surface area contributed by atoms with Gasteiger partial charge in [-0.2, -0.15) is 53.4 Å². The summed E-state index contributed by atoms with van der Waals surface area (Å²) in [5, 5.41) is 24.1. The number of nitrogens with zero attached hydrogens (tertiary/aromatic N) is 6. The third-order valence-corrected chi connectivity index (χ3v) is 3.30. The minimum atomic E-state index is -1.35. The summed E-state index contributed by atoms with van der Waals surface area (Å²) in [5.41, 5.74) is 0.293. The van der Waals surface area contributed by atoms with Crippen molar-refractivity contribution in [2.45, 2.75) is 13.8 Å². The molecule has 0 amide bonds. The van der Waals surface area contributed by atoms with E-state index < -0.39 is 17.3 Å². The number of halogens is 3. The third kappa shape index (κ3) is 11.4. The van der Waals surface area contributed by atoms with Crippen molar-refractivity contribution in [2.75, 3.05) is 0 Å². The standard InChI is InChI=1S/C9H6FN3O2.C8H6FN3.C3H7.CO2.ClH.Mg/c10-6-2-1-3-7(8(6)9(14)15)13-11-4-5-12-13;9-7-2-1-3-8(6-7)12-10-4-5-11-12;1-3-2;2-1-3;;/h1-5H,(H,14,15);1-6H;3H,1-2H3;;1H;/q;;-1;;;+2/p-1. The summed E-state index contributed by atoms with van der Waals surface area (Å²) in [5.74, 6) is -2.44. The van der Waals surface area contributed by atoms with E-state index in [9.17, 15) is 13.6 Å². The van der Waals surface area contributed by atoms with Gasteiger partial charge in [-0.25, -0.2) is 13.6 Å². The molecule has 0 aliphatic rings. The monoisotopic (exact) mass is 516 g/mol. The first-order valence-electron chi connectivity index (χ1n) is 9.13. The molecule has 0 saturated carbocycles. The van der Waals surface area contributed by atoms with Gasteiger partial charge >= 0.3 is 35.2 Å². The van der Waals surface area contributed by atoms with Gasteiger partial charge in [0.25, 0.3) is 0 Å². The van der Waals surface area contributed by atoms with Crippen molar-refractivity contribution in [2.24, 2.45) is 0 Å². The number of rotatable bonds is 3.